The normalized spacial score (nSPS) is 14.2. The van der Waals surface area contributed by atoms with Crippen LogP contribution in [0.5, 0.6) is 0 Å². The minimum Gasteiger partial charge on any atom is -0.399 e. The SMILES string of the molecule is C[C@@H](Nc1nc(Cl)nc2c1CN(C(=O)c1ccncn1)C2)c1cc(N)cc(C(F)(F)F)c1. The molecule has 1 amide bonds. The first-order chi connectivity index (χ1) is 15.1. The summed E-state index contributed by atoms with van der Waals surface area (Å²) in [4.78, 5) is 30.4. The van der Waals surface area contributed by atoms with Crippen molar-refractivity contribution < 1.29 is 18.0 Å². The maximum atomic E-state index is 13.2. The lowest BCUT2D eigenvalue weighted by Gasteiger charge is -2.19. The van der Waals surface area contributed by atoms with Crippen LogP contribution < -0.4 is 11.1 Å². The number of amides is 1. The molecule has 0 radical (unpaired) electrons. The zero-order valence-electron chi connectivity index (χ0n) is 16.7. The molecule has 0 spiro atoms. The maximum absolute atomic E-state index is 13.2. The Morgan fingerprint density at radius 1 is 1.25 bits per heavy atom. The van der Waals surface area contributed by atoms with E-state index in [1.54, 1.807) is 6.92 Å². The first-order valence-corrected chi connectivity index (χ1v) is 9.84. The van der Waals surface area contributed by atoms with Gasteiger partial charge < -0.3 is 16.0 Å². The van der Waals surface area contributed by atoms with Gasteiger partial charge in [-0.2, -0.15) is 13.2 Å². The minimum atomic E-state index is -4.52. The Bertz CT molecular complexity index is 1170. The van der Waals surface area contributed by atoms with Gasteiger partial charge in [0.2, 0.25) is 5.28 Å². The van der Waals surface area contributed by atoms with Gasteiger partial charge in [0.25, 0.3) is 5.91 Å². The van der Waals surface area contributed by atoms with E-state index < -0.39 is 17.8 Å². The van der Waals surface area contributed by atoms with E-state index in [2.05, 4.69) is 25.3 Å². The molecule has 2 aromatic heterocycles. The van der Waals surface area contributed by atoms with Gasteiger partial charge in [-0.15, -0.1) is 0 Å². The molecule has 3 heterocycles. The van der Waals surface area contributed by atoms with Crippen molar-refractivity contribution in [2.24, 2.45) is 0 Å². The predicted molar refractivity (Wildman–Crippen MR) is 111 cm³/mol. The van der Waals surface area contributed by atoms with Crippen LogP contribution in [0.4, 0.5) is 24.7 Å². The number of hydrogen-bond acceptors (Lipinski definition) is 7. The molecule has 166 valence electrons. The summed E-state index contributed by atoms with van der Waals surface area (Å²) in [5, 5.41) is 3.04. The van der Waals surface area contributed by atoms with Gasteiger partial charge in [0.05, 0.1) is 30.4 Å². The topological polar surface area (TPSA) is 110 Å². The quantitative estimate of drug-likeness (QED) is 0.446. The molecule has 0 fully saturated rings. The van der Waals surface area contributed by atoms with Crippen LogP contribution in [-0.4, -0.2) is 30.7 Å². The number of alkyl halides is 3. The second-order valence-electron chi connectivity index (χ2n) is 7.27. The van der Waals surface area contributed by atoms with Crippen molar-refractivity contribution in [3.05, 3.63) is 70.2 Å². The number of nitrogen functional groups attached to an aromatic ring is 1. The molecule has 1 aliphatic heterocycles. The van der Waals surface area contributed by atoms with Gasteiger partial charge in [0.1, 0.15) is 17.8 Å². The molecule has 4 rings (SSSR count). The van der Waals surface area contributed by atoms with E-state index in [-0.39, 0.29) is 35.7 Å². The fourth-order valence-electron chi connectivity index (χ4n) is 3.45. The van der Waals surface area contributed by atoms with E-state index >= 15 is 0 Å². The van der Waals surface area contributed by atoms with Gasteiger partial charge in [0, 0.05) is 17.4 Å². The molecule has 8 nitrogen and oxygen atoms in total. The third kappa shape index (κ3) is 4.42. The molecule has 0 saturated heterocycles. The molecule has 3 aromatic rings. The zero-order chi connectivity index (χ0) is 23.0. The minimum absolute atomic E-state index is 0.00366. The first kappa shape index (κ1) is 21.8. The van der Waals surface area contributed by atoms with Crippen molar-refractivity contribution in [1.82, 2.24) is 24.8 Å². The Hall–Kier alpha value is -3.47. The van der Waals surface area contributed by atoms with E-state index in [1.165, 1.54) is 29.6 Å². The summed E-state index contributed by atoms with van der Waals surface area (Å²) in [5.74, 6) is 0.0210. The van der Waals surface area contributed by atoms with E-state index in [9.17, 15) is 18.0 Å². The number of aromatic nitrogens is 4. The highest BCUT2D eigenvalue weighted by atomic mass is 35.5. The number of rotatable bonds is 4. The third-order valence-electron chi connectivity index (χ3n) is 5.00. The average molecular weight is 464 g/mol. The molecular weight excluding hydrogens is 447 g/mol. The van der Waals surface area contributed by atoms with Gasteiger partial charge in [-0.1, -0.05) is 0 Å². The van der Waals surface area contributed by atoms with Crippen molar-refractivity contribution in [3.8, 4) is 0 Å². The standard InChI is InChI=1S/C20H17ClF3N7O/c1-10(11-4-12(20(22,23)24)6-13(25)5-11)28-17-14-7-31(8-16(14)29-19(21)30-17)18(32)15-2-3-26-9-27-15/h2-6,9-10H,7-8,25H2,1H3,(H,28,29,30)/t10-/m1/s1. The number of benzene rings is 1. The molecule has 32 heavy (non-hydrogen) atoms. The molecule has 0 aliphatic carbocycles. The number of halogens is 4. The molecule has 3 N–H and O–H groups in total. The number of carbonyl (C=O) groups is 1. The van der Waals surface area contributed by atoms with Crippen LogP contribution in [0.15, 0.2) is 36.8 Å². The van der Waals surface area contributed by atoms with Gasteiger partial charge in [-0.05, 0) is 48.4 Å². The summed E-state index contributed by atoms with van der Waals surface area (Å²) < 4.78 is 39.5. The molecule has 1 atom stereocenters. The fourth-order valence-corrected chi connectivity index (χ4v) is 3.63. The molecule has 12 heteroatoms. The number of hydrogen-bond donors (Lipinski definition) is 2. The summed E-state index contributed by atoms with van der Waals surface area (Å²) in [6.07, 6.45) is -1.77. The number of nitrogens with two attached hydrogens (primary N) is 1. The fraction of sp³-hybridized carbons (Fsp3) is 0.250. The zero-order valence-corrected chi connectivity index (χ0v) is 17.4. The van der Waals surface area contributed by atoms with Crippen molar-refractivity contribution >= 4 is 29.0 Å². The monoisotopic (exact) mass is 463 g/mol. The molecular formula is C20H17ClF3N7O. The Morgan fingerprint density at radius 2 is 2.03 bits per heavy atom. The van der Waals surface area contributed by atoms with Gasteiger partial charge >= 0.3 is 6.18 Å². The maximum Gasteiger partial charge on any atom is 0.416 e. The lowest BCUT2D eigenvalue weighted by atomic mass is 10.0. The van der Waals surface area contributed by atoms with E-state index in [1.807, 2.05) is 0 Å². The highest BCUT2D eigenvalue weighted by molar-refractivity contribution is 6.28. The van der Waals surface area contributed by atoms with Crippen LogP contribution in [0, 0.1) is 0 Å². The van der Waals surface area contributed by atoms with Crippen molar-refractivity contribution in [2.45, 2.75) is 32.2 Å². The van der Waals surface area contributed by atoms with Crippen molar-refractivity contribution in [3.63, 3.8) is 0 Å². The Kier molecular flexibility index (Phi) is 5.59. The second kappa shape index (κ2) is 8.23. The Labute approximate surface area is 185 Å². The Morgan fingerprint density at radius 3 is 2.72 bits per heavy atom. The molecule has 1 aromatic carbocycles. The van der Waals surface area contributed by atoms with Crippen LogP contribution in [-0.2, 0) is 19.3 Å². The summed E-state index contributed by atoms with van der Waals surface area (Å²) in [6.45, 7) is 2.06. The molecule has 0 saturated carbocycles. The number of nitrogens with one attached hydrogen (secondary N) is 1. The van der Waals surface area contributed by atoms with E-state index in [0.717, 1.165) is 12.1 Å². The summed E-state index contributed by atoms with van der Waals surface area (Å²) >= 11 is 6.06. The van der Waals surface area contributed by atoms with Crippen LogP contribution in [0.3, 0.4) is 0 Å². The smallest absolute Gasteiger partial charge is 0.399 e. The highest BCUT2D eigenvalue weighted by Gasteiger charge is 2.32. The Balaban J connectivity index is 1.60. The molecule has 0 bridgehead atoms. The largest absolute Gasteiger partial charge is 0.416 e. The summed E-state index contributed by atoms with van der Waals surface area (Å²) in [6, 6.07) is 4.29. The summed E-state index contributed by atoms with van der Waals surface area (Å²) in [7, 11) is 0. The lowest BCUT2D eigenvalue weighted by Crippen LogP contribution is -2.26. The van der Waals surface area contributed by atoms with Crippen molar-refractivity contribution in [2.75, 3.05) is 11.1 Å². The average Bonchev–Trinajstić information content (AvgIpc) is 3.17. The van der Waals surface area contributed by atoms with Crippen LogP contribution in [0.2, 0.25) is 5.28 Å². The van der Waals surface area contributed by atoms with Gasteiger partial charge in [-0.3, -0.25) is 4.79 Å². The molecule has 0 unspecified atom stereocenters. The molecule has 1 aliphatic rings. The highest BCUT2D eigenvalue weighted by Crippen LogP contribution is 2.35. The van der Waals surface area contributed by atoms with E-state index in [4.69, 9.17) is 17.3 Å². The van der Waals surface area contributed by atoms with Crippen molar-refractivity contribution in [1.29, 1.82) is 0 Å². The second-order valence-corrected chi connectivity index (χ2v) is 7.61. The predicted octanol–water partition coefficient (Wildman–Crippen LogP) is 3.85. The van der Waals surface area contributed by atoms with Crippen LogP contribution in [0.25, 0.3) is 0 Å². The number of anilines is 2. The van der Waals surface area contributed by atoms with Gasteiger partial charge in [-0.25, -0.2) is 19.9 Å². The van der Waals surface area contributed by atoms with Crippen LogP contribution >= 0.6 is 11.6 Å². The first-order valence-electron chi connectivity index (χ1n) is 9.46. The number of fused-ring (bicyclic) bond motifs is 1. The number of nitrogens with zero attached hydrogens (tertiary/aromatic N) is 5. The lowest BCUT2D eigenvalue weighted by molar-refractivity contribution is -0.137. The van der Waals surface area contributed by atoms with Crippen LogP contribution in [0.1, 0.15) is 45.8 Å². The number of carbonyl (C=O) groups excluding carboxylic acids is 1. The van der Waals surface area contributed by atoms with E-state index in [0.29, 0.717) is 22.6 Å². The van der Waals surface area contributed by atoms with Gasteiger partial charge in [0.15, 0.2) is 0 Å². The third-order valence-corrected chi connectivity index (χ3v) is 5.17. The summed E-state index contributed by atoms with van der Waals surface area (Å²) in [5.41, 5.74) is 6.57.